The highest BCUT2D eigenvalue weighted by Crippen LogP contribution is 2.52. The number of benzene rings is 2. The van der Waals surface area contributed by atoms with Crippen LogP contribution in [0.3, 0.4) is 0 Å². The number of methoxy groups -OCH3 is 1. The Hall–Kier alpha value is -2.54. The van der Waals surface area contributed by atoms with Crippen molar-refractivity contribution in [3.05, 3.63) is 89.4 Å². The zero-order valence-electron chi connectivity index (χ0n) is 19.1. The Balaban J connectivity index is 1.35. The monoisotopic (exact) mass is 462 g/mol. The molecule has 5 nitrogen and oxygen atoms in total. The van der Waals surface area contributed by atoms with Crippen molar-refractivity contribution in [3.63, 3.8) is 0 Å². The molecule has 0 bridgehead atoms. The standard InChI is InChI=1S/C27H30N2O3S/c1-31-25-24(28-26(30)23-8-5-17-32-23)21-6-3-4-7-22(21)27(25)13-15-29(16-14-27)18-19-9-11-20(33-2)12-10-19/h3-12,17,24-25H,13-16,18H2,1-2H3,(H,28,30)/t24-,25+/m1/s1. The lowest BCUT2D eigenvalue weighted by atomic mass is 9.72. The van der Waals surface area contributed by atoms with Crippen molar-refractivity contribution in [2.75, 3.05) is 26.5 Å². The molecule has 1 spiro atoms. The normalized spacial score (nSPS) is 21.8. The third-order valence-corrected chi connectivity index (χ3v) is 8.02. The van der Waals surface area contributed by atoms with Crippen molar-refractivity contribution in [1.82, 2.24) is 10.2 Å². The second-order valence-electron chi connectivity index (χ2n) is 8.95. The predicted octanol–water partition coefficient (Wildman–Crippen LogP) is 5.04. The minimum absolute atomic E-state index is 0.105. The van der Waals surface area contributed by atoms with Crippen LogP contribution in [0.25, 0.3) is 0 Å². The molecule has 2 aliphatic rings. The van der Waals surface area contributed by atoms with Crippen LogP contribution in [0.2, 0.25) is 0 Å². The second-order valence-corrected chi connectivity index (χ2v) is 9.83. The van der Waals surface area contributed by atoms with E-state index in [2.05, 4.69) is 58.9 Å². The summed E-state index contributed by atoms with van der Waals surface area (Å²) in [6.07, 6.45) is 5.51. The number of carbonyl (C=O) groups is 1. The van der Waals surface area contributed by atoms with Gasteiger partial charge >= 0.3 is 0 Å². The Kier molecular flexibility index (Phi) is 6.32. The molecule has 1 fully saturated rings. The first-order valence-corrected chi connectivity index (χ1v) is 12.7. The Morgan fingerprint density at radius 3 is 2.55 bits per heavy atom. The lowest BCUT2D eigenvalue weighted by Gasteiger charge is -2.44. The van der Waals surface area contributed by atoms with Crippen LogP contribution in [0.4, 0.5) is 0 Å². The first-order valence-electron chi connectivity index (χ1n) is 11.5. The van der Waals surface area contributed by atoms with Crippen molar-refractivity contribution in [3.8, 4) is 0 Å². The van der Waals surface area contributed by atoms with Gasteiger partial charge < -0.3 is 14.5 Å². The molecule has 172 valence electrons. The number of ether oxygens (including phenoxy) is 1. The van der Waals surface area contributed by atoms with Gasteiger partial charge in [0.15, 0.2) is 5.76 Å². The average Bonchev–Trinajstić information content (AvgIpc) is 3.48. The van der Waals surface area contributed by atoms with Gasteiger partial charge in [0.25, 0.3) is 5.91 Å². The Morgan fingerprint density at radius 1 is 1.12 bits per heavy atom. The predicted molar refractivity (Wildman–Crippen MR) is 131 cm³/mol. The summed E-state index contributed by atoms with van der Waals surface area (Å²) in [5, 5.41) is 3.20. The van der Waals surface area contributed by atoms with Crippen LogP contribution < -0.4 is 5.32 Å². The first-order chi connectivity index (χ1) is 16.1. The molecule has 1 aromatic heterocycles. The van der Waals surface area contributed by atoms with Crippen LogP contribution >= 0.6 is 11.8 Å². The molecule has 1 saturated heterocycles. The molecular formula is C27H30N2O3S. The summed E-state index contributed by atoms with van der Waals surface area (Å²) >= 11 is 1.77. The molecule has 1 N–H and O–H groups in total. The minimum atomic E-state index is -0.204. The SMILES string of the molecule is CO[C@H]1[C@H](NC(=O)c2ccco2)c2ccccc2C12CCN(Cc1ccc(SC)cc1)CC2. The topological polar surface area (TPSA) is 54.7 Å². The second kappa shape index (κ2) is 9.37. The van der Waals surface area contributed by atoms with E-state index < -0.39 is 0 Å². The molecule has 2 heterocycles. The average molecular weight is 463 g/mol. The molecular weight excluding hydrogens is 432 g/mol. The summed E-state index contributed by atoms with van der Waals surface area (Å²) in [5.74, 6) is 0.121. The van der Waals surface area contributed by atoms with Gasteiger partial charge in [0.1, 0.15) is 0 Å². The van der Waals surface area contributed by atoms with Gasteiger partial charge in [-0.1, -0.05) is 36.4 Å². The molecule has 1 aliphatic carbocycles. The van der Waals surface area contributed by atoms with Crippen LogP contribution in [-0.2, 0) is 16.7 Å². The van der Waals surface area contributed by atoms with Gasteiger partial charge in [0, 0.05) is 24.0 Å². The number of hydrogen-bond donors (Lipinski definition) is 1. The quantitative estimate of drug-likeness (QED) is 0.521. The van der Waals surface area contributed by atoms with Crippen molar-refractivity contribution < 1.29 is 13.9 Å². The van der Waals surface area contributed by atoms with Gasteiger partial charge in [0.2, 0.25) is 0 Å². The molecule has 0 saturated carbocycles. The van der Waals surface area contributed by atoms with E-state index in [1.807, 2.05) is 6.07 Å². The number of nitrogens with zero attached hydrogens (tertiary/aromatic N) is 1. The number of likely N-dealkylation sites (tertiary alicyclic amines) is 1. The number of thioether (sulfide) groups is 1. The van der Waals surface area contributed by atoms with E-state index in [9.17, 15) is 4.79 Å². The molecule has 2 aromatic carbocycles. The van der Waals surface area contributed by atoms with Crippen molar-refractivity contribution in [2.45, 2.75) is 41.8 Å². The van der Waals surface area contributed by atoms with Crippen LogP contribution in [0.5, 0.6) is 0 Å². The number of fused-ring (bicyclic) bond motifs is 2. The lowest BCUT2D eigenvalue weighted by molar-refractivity contribution is -0.0124. The highest BCUT2D eigenvalue weighted by Gasteiger charge is 2.54. The van der Waals surface area contributed by atoms with Gasteiger partial charge in [-0.15, -0.1) is 11.8 Å². The number of amides is 1. The zero-order chi connectivity index (χ0) is 22.8. The molecule has 1 amide bonds. The number of hydrogen-bond acceptors (Lipinski definition) is 5. The van der Waals surface area contributed by atoms with Gasteiger partial charge in [-0.2, -0.15) is 0 Å². The van der Waals surface area contributed by atoms with Crippen LogP contribution in [-0.4, -0.2) is 43.4 Å². The van der Waals surface area contributed by atoms with Crippen molar-refractivity contribution in [2.24, 2.45) is 0 Å². The minimum Gasteiger partial charge on any atom is -0.459 e. The van der Waals surface area contributed by atoms with Crippen molar-refractivity contribution >= 4 is 17.7 Å². The summed E-state index contributed by atoms with van der Waals surface area (Å²) in [6.45, 7) is 2.96. The molecule has 33 heavy (non-hydrogen) atoms. The van der Waals surface area contributed by atoms with Crippen LogP contribution in [0.15, 0.2) is 76.2 Å². The first kappa shape index (κ1) is 22.3. The third kappa shape index (κ3) is 4.12. The number of carbonyl (C=O) groups excluding carboxylic acids is 1. The number of piperidine rings is 1. The summed E-state index contributed by atoms with van der Waals surface area (Å²) in [5.41, 5.74) is 3.71. The van der Waals surface area contributed by atoms with Gasteiger partial charge in [-0.25, -0.2) is 0 Å². The highest BCUT2D eigenvalue weighted by atomic mass is 32.2. The van der Waals surface area contributed by atoms with E-state index in [-0.39, 0.29) is 23.5 Å². The highest BCUT2D eigenvalue weighted by molar-refractivity contribution is 7.98. The van der Waals surface area contributed by atoms with Gasteiger partial charge in [-0.05, 0) is 73.1 Å². The fourth-order valence-electron chi connectivity index (χ4n) is 5.65. The lowest BCUT2D eigenvalue weighted by Crippen LogP contribution is -2.50. The molecule has 0 radical (unpaired) electrons. The largest absolute Gasteiger partial charge is 0.459 e. The Labute approximate surface area is 199 Å². The summed E-state index contributed by atoms with van der Waals surface area (Å²) in [7, 11) is 1.77. The summed E-state index contributed by atoms with van der Waals surface area (Å²) in [6, 6.07) is 20.6. The molecule has 5 rings (SSSR count). The molecule has 6 heteroatoms. The maximum Gasteiger partial charge on any atom is 0.287 e. The van der Waals surface area contributed by atoms with E-state index >= 15 is 0 Å². The van der Waals surface area contributed by atoms with E-state index in [1.165, 1.54) is 22.3 Å². The van der Waals surface area contributed by atoms with Crippen LogP contribution in [0.1, 0.15) is 46.1 Å². The van der Waals surface area contributed by atoms with E-state index in [0.29, 0.717) is 5.76 Å². The number of furan rings is 1. The smallest absolute Gasteiger partial charge is 0.287 e. The number of rotatable bonds is 6. The molecule has 1 aliphatic heterocycles. The fourth-order valence-corrected chi connectivity index (χ4v) is 6.05. The van der Waals surface area contributed by atoms with E-state index in [1.54, 1.807) is 31.0 Å². The van der Waals surface area contributed by atoms with Crippen LogP contribution in [0, 0.1) is 0 Å². The number of nitrogens with one attached hydrogen (secondary N) is 1. The van der Waals surface area contributed by atoms with E-state index in [4.69, 9.17) is 9.15 Å². The Morgan fingerprint density at radius 2 is 1.88 bits per heavy atom. The van der Waals surface area contributed by atoms with Crippen molar-refractivity contribution in [1.29, 1.82) is 0 Å². The maximum absolute atomic E-state index is 12.8. The molecule has 0 unspecified atom stereocenters. The van der Waals surface area contributed by atoms with E-state index in [0.717, 1.165) is 38.0 Å². The molecule has 2 atom stereocenters. The summed E-state index contributed by atoms with van der Waals surface area (Å²) in [4.78, 5) is 16.7. The third-order valence-electron chi connectivity index (χ3n) is 7.28. The summed E-state index contributed by atoms with van der Waals surface area (Å²) < 4.78 is 11.5. The fraction of sp³-hybridized carbons (Fsp3) is 0.370. The molecule has 3 aromatic rings. The maximum atomic E-state index is 12.8. The zero-order valence-corrected chi connectivity index (χ0v) is 19.9. The van der Waals surface area contributed by atoms with Gasteiger partial charge in [-0.3, -0.25) is 9.69 Å². The Bertz CT molecular complexity index is 1090. The van der Waals surface area contributed by atoms with Gasteiger partial charge in [0.05, 0.1) is 18.4 Å².